The molecule has 0 fully saturated rings. The van der Waals surface area contributed by atoms with Gasteiger partial charge in [-0.2, -0.15) is 5.10 Å². The minimum Gasteiger partial charge on any atom is -0.441 e. The summed E-state index contributed by atoms with van der Waals surface area (Å²) in [7, 11) is 1.76. The van der Waals surface area contributed by atoms with Gasteiger partial charge < -0.3 is 9.32 Å². The van der Waals surface area contributed by atoms with Crippen LogP contribution in [0.4, 0.5) is 8.78 Å². The minimum absolute atomic E-state index is 0.123. The van der Waals surface area contributed by atoms with Crippen molar-refractivity contribution in [3.8, 4) is 11.5 Å². The Morgan fingerprint density at radius 2 is 1.96 bits per heavy atom. The predicted molar refractivity (Wildman–Crippen MR) is 88.2 cm³/mol. The third-order valence-electron chi connectivity index (χ3n) is 4.37. The lowest BCUT2D eigenvalue weighted by Crippen LogP contribution is -2.36. The van der Waals surface area contributed by atoms with Crippen LogP contribution in [0.3, 0.4) is 0 Å². The van der Waals surface area contributed by atoms with Crippen molar-refractivity contribution in [1.82, 2.24) is 19.7 Å². The highest BCUT2D eigenvalue weighted by molar-refractivity contribution is 5.95. The standard InChI is InChI=1S/C18H16F2N4O2/c1-10-14(8-23(2)22-10)18(25)24-4-3-16-15(9-24)21-17(26-16)11-5-12(19)7-13(20)6-11/h5-8H,3-4,9H2,1-2H3. The fourth-order valence-corrected chi connectivity index (χ4v) is 3.15. The van der Waals surface area contributed by atoms with Gasteiger partial charge >= 0.3 is 0 Å². The van der Waals surface area contributed by atoms with Gasteiger partial charge in [0.15, 0.2) is 0 Å². The second kappa shape index (κ2) is 6.05. The number of aromatic nitrogens is 3. The summed E-state index contributed by atoms with van der Waals surface area (Å²) < 4.78 is 34.1. The maximum absolute atomic E-state index is 13.4. The number of oxazole rings is 1. The number of halogens is 2. The third-order valence-corrected chi connectivity index (χ3v) is 4.37. The molecule has 0 radical (unpaired) electrons. The Labute approximate surface area is 148 Å². The van der Waals surface area contributed by atoms with Crippen LogP contribution in [0.5, 0.6) is 0 Å². The van der Waals surface area contributed by atoms with Crippen LogP contribution in [-0.2, 0) is 20.0 Å². The van der Waals surface area contributed by atoms with Gasteiger partial charge in [-0.15, -0.1) is 0 Å². The molecule has 0 spiro atoms. The van der Waals surface area contributed by atoms with Crippen molar-refractivity contribution in [3.63, 3.8) is 0 Å². The van der Waals surface area contributed by atoms with E-state index in [9.17, 15) is 13.6 Å². The maximum Gasteiger partial charge on any atom is 0.257 e. The zero-order valence-electron chi connectivity index (χ0n) is 14.3. The number of hydrogen-bond donors (Lipinski definition) is 0. The first-order valence-corrected chi connectivity index (χ1v) is 8.15. The fraction of sp³-hybridized carbons (Fsp3) is 0.278. The van der Waals surface area contributed by atoms with E-state index >= 15 is 0 Å². The number of amides is 1. The number of carbonyl (C=O) groups excluding carboxylic acids is 1. The van der Waals surface area contributed by atoms with Crippen molar-refractivity contribution in [3.05, 3.63) is 58.7 Å². The molecule has 0 bridgehead atoms. The molecule has 4 rings (SSSR count). The van der Waals surface area contributed by atoms with Gasteiger partial charge in [0.25, 0.3) is 5.91 Å². The van der Waals surface area contributed by atoms with Crippen LogP contribution >= 0.6 is 0 Å². The third kappa shape index (κ3) is 2.87. The summed E-state index contributed by atoms with van der Waals surface area (Å²) in [6.07, 6.45) is 2.18. The van der Waals surface area contributed by atoms with E-state index < -0.39 is 11.6 Å². The molecule has 0 aliphatic carbocycles. The second-order valence-electron chi connectivity index (χ2n) is 6.33. The number of nitrogens with zero attached hydrogens (tertiary/aromatic N) is 4. The monoisotopic (exact) mass is 358 g/mol. The summed E-state index contributed by atoms with van der Waals surface area (Å²) in [6.45, 7) is 2.55. The molecule has 134 valence electrons. The Morgan fingerprint density at radius 3 is 2.62 bits per heavy atom. The highest BCUT2D eigenvalue weighted by Gasteiger charge is 2.28. The van der Waals surface area contributed by atoms with Crippen molar-refractivity contribution in [2.75, 3.05) is 6.54 Å². The highest BCUT2D eigenvalue weighted by Crippen LogP contribution is 2.28. The van der Waals surface area contributed by atoms with E-state index in [1.54, 1.807) is 29.7 Å². The lowest BCUT2D eigenvalue weighted by Gasteiger charge is -2.25. The van der Waals surface area contributed by atoms with Crippen molar-refractivity contribution >= 4 is 5.91 Å². The van der Waals surface area contributed by atoms with Gasteiger partial charge in [-0.05, 0) is 19.1 Å². The molecule has 0 saturated heterocycles. The topological polar surface area (TPSA) is 64.2 Å². The largest absolute Gasteiger partial charge is 0.441 e. The van der Waals surface area contributed by atoms with E-state index in [0.29, 0.717) is 35.7 Å². The molecular weight excluding hydrogens is 342 g/mol. The fourth-order valence-electron chi connectivity index (χ4n) is 3.15. The molecule has 6 nitrogen and oxygen atoms in total. The molecule has 3 heterocycles. The van der Waals surface area contributed by atoms with Crippen LogP contribution in [0, 0.1) is 18.6 Å². The van der Waals surface area contributed by atoms with Crippen molar-refractivity contribution in [2.45, 2.75) is 19.9 Å². The summed E-state index contributed by atoms with van der Waals surface area (Å²) in [5, 5.41) is 4.20. The molecule has 0 atom stereocenters. The molecule has 2 aromatic heterocycles. The molecule has 1 aromatic carbocycles. The highest BCUT2D eigenvalue weighted by atomic mass is 19.1. The van der Waals surface area contributed by atoms with Gasteiger partial charge in [-0.1, -0.05) is 0 Å². The van der Waals surface area contributed by atoms with Crippen LogP contribution in [0.1, 0.15) is 27.5 Å². The van der Waals surface area contributed by atoms with E-state index in [1.165, 1.54) is 12.1 Å². The molecule has 0 saturated carbocycles. The normalized spacial score (nSPS) is 13.8. The van der Waals surface area contributed by atoms with E-state index in [4.69, 9.17) is 4.42 Å². The van der Waals surface area contributed by atoms with Gasteiger partial charge in [-0.25, -0.2) is 13.8 Å². The predicted octanol–water partition coefficient (Wildman–Crippen LogP) is 2.86. The molecule has 1 amide bonds. The maximum atomic E-state index is 13.4. The molecular formula is C18H16F2N4O2. The molecule has 26 heavy (non-hydrogen) atoms. The summed E-state index contributed by atoms with van der Waals surface area (Å²) in [6, 6.07) is 3.13. The Morgan fingerprint density at radius 1 is 1.23 bits per heavy atom. The smallest absolute Gasteiger partial charge is 0.257 e. The zero-order chi connectivity index (χ0) is 18.4. The SMILES string of the molecule is Cc1nn(C)cc1C(=O)N1CCc2oc(-c3cc(F)cc(F)c3)nc2C1. The average molecular weight is 358 g/mol. The van der Waals surface area contributed by atoms with Crippen LogP contribution in [0.15, 0.2) is 28.8 Å². The molecule has 8 heteroatoms. The Hall–Kier alpha value is -3.03. The first-order valence-electron chi connectivity index (χ1n) is 8.15. The molecule has 1 aliphatic rings. The van der Waals surface area contributed by atoms with Gasteiger partial charge in [0.2, 0.25) is 5.89 Å². The first kappa shape index (κ1) is 16.4. The number of benzene rings is 1. The van der Waals surface area contributed by atoms with Gasteiger partial charge in [0, 0.05) is 37.8 Å². The molecule has 0 unspecified atom stereocenters. The van der Waals surface area contributed by atoms with E-state index in [0.717, 1.165) is 6.07 Å². The van der Waals surface area contributed by atoms with Crippen LogP contribution in [-0.4, -0.2) is 32.1 Å². The number of fused-ring (bicyclic) bond motifs is 1. The Kier molecular flexibility index (Phi) is 3.82. The quantitative estimate of drug-likeness (QED) is 0.707. The van der Waals surface area contributed by atoms with E-state index in [-0.39, 0.29) is 23.9 Å². The molecule has 1 aliphatic heterocycles. The average Bonchev–Trinajstić information content (AvgIpc) is 3.15. The lowest BCUT2D eigenvalue weighted by molar-refractivity contribution is 0.0727. The van der Waals surface area contributed by atoms with Crippen LogP contribution in [0.2, 0.25) is 0 Å². The summed E-state index contributed by atoms with van der Waals surface area (Å²) >= 11 is 0. The number of aryl methyl sites for hydroxylation is 2. The van der Waals surface area contributed by atoms with E-state index in [2.05, 4.69) is 10.1 Å². The number of rotatable bonds is 2. The van der Waals surface area contributed by atoms with E-state index in [1.807, 2.05) is 0 Å². The van der Waals surface area contributed by atoms with Gasteiger partial charge in [0.1, 0.15) is 23.1 Å². The molecule has 3 aromatic rings. The number of carbonyl (C=O) groups is 1. The van der Waals surface area contributed by atoms with Crippen molar-refractivity contribution in [1.29, 1.82) is 0 Å². The first-order chi connectivity index (χ1) is 12.4. The van der Waals surface area contributed by atoms with Crippen LogP contribution in [0.25, 0.3) is 11.5 Å². The second-order valence-corrected chi connectivity index (χ2v) is 6.33. The van der Waals surface area contributed by atoms with Gasteiger partial charge in [-0.3, -0.25) is 9.48 Å². The minimum atomic E-state index is -0.694. The summed E-state index contributed by atoms with van der Waals surface area (Å²) in [4.78, 5) is 18.7. The molecule has 0 N–H and O–H groups in total. The zero-order valence-corrected chi connectivity index (χ0v) is 14.3. The Bertz CT molecular complexity index is 989. The van der Waals surface area contributed by atoms with Crippen molar-refractivity contribution < 1.29 is 18.0 Å². The lowest BCUT2D eigenvalue weighted by atomic mass is 10.1. The van der Waals surface area contributed by atoms with Crippen molar-refractivity contribution in [2.24, 2.45) is 7.05 Å². The summed E-state index contributed by atoms with van der Waals surface area (Å²) in [5.41, 5.74) is 2.05. The van der Waals surface area contributed by atoms with Crippen LogP contribution < -0.4 is 0 Å². The Balaban J connectivity index is 1.60. The summed E-state index contributed by atoms with van der Waals surface area (Å²) in [5.74, 6) is -0.723. The number of hydrogen-bond acceptors (Lipinski definition) is 4. The van der Waals surface area contributed by atoms with Gasteiger partial charge in [0.05, 0.1) is 17.8 Å².